The predicted molar refractivity (Wildman–Crippen MR) is 140 cm³/mol. The Morgan fingerprint density at radius 3 is 2.81 bits per heavy atom. The van der Waals surface area contributed by atoms with E-state index in [2.05, 4.69) is 45.0 Å². The summed E-state index contributed by atoms with van der Waals surface area (Å²) in [5, 5.41) is 23.0. The number of piperidine rings is 1. The number of aromatic nitrogens is 3. The molecule has 3 fully saturated rings. The maximum atomic E-state index is 9.58. The van der Waals surface area contributed by atoms with E-state index in [1.807, 2.05) is 31.4 Å². The molecule has 0 aliphatic carbocycles. The van der Waals surface area contributed by atoms with Crippen LogP contribution >= 0.6 is 0 Å². The number of rotatable bonds is 9. The SMILES string of the molecule is CC/C=C\C(CN1C2CC1CN(c1ccc(-c3cc(OCCO)cn4ncc(C#N)c34)cn1)C2)=NC. The fourth-order valence-corrected chi connectivity index (χ4v) is 5.15. The second-order valence-electron chi connectivity index (χ2n) is 9.18. The molecule has 186 valence electrons. The second kappa shape index (κ2) is 10.5. The van der Waals surface area contributed by atoms with Gasteiger partial charge in [0.25, 0.3) is 0 Å². The highest BCUT2D eigenvalue weighted by Crippen LogP contribution is 2.35. The lowest BCUT2D eigenvalue weighted by Gasteiger charge is -2.56. The van der Waals surface area contributed by atoms with Gasteiger partial charge in [-0.15, -0.1) is 0 Å². The quantitative estimate of drug-likeness (QED) is 0.465. The summed E-state index contributed by atoms with van der Waals surface area (Å²) in [7, 11) is 1.87. The number of pyridine rings is 2. The fraction of sp³-hybridized carbons (Fsp3) is 0.407. The van der Waals surface area contributed by atoms with Crippen molar-refractivity contribution in [3.8, 4) is 22.9 Å². The lowest BCUT2D eigenvalue weighted by molar-refractivity contribution is 0.0147. The molecule has 9 heteroatoms. The molecule has 3 aliphatic rings. The van der Waals surface area contributed by atoms with E-state index in [0.29, 0.717) is 28.9 Å². The third kappa shape index (κ3) is 4.57. The van der Waals surface area contributed by atoms with E-state index < -0.39 is 0 Å². The molecular weight excluding hydrogens is 454 g/mol. The maximum Gasteiger partial charge on any atom is 0.138 e. The van der Waals surface area contributed by atoms with Gasteiger partial charge in [-0.05, 0) is 37.1 Å². The van der Waals surface area contributed by atoms with Crippen LogP contribution in [0.15, 0.2) is 53.9 Å². The lowest BCUT2D eigenvalue weighted by atomic mass is 9.87. The summed E-state index contributed by atoms with van der Waals surface area (Å²) >= 11 is 0. The zero-order valence-electron chi connectivity index (χ0n) is 20.7. The summed E-state index contributed by atoms with van der Waals surface area (Å²) in [6.45, 7) is 5.05. The van der Waals surface area contributed by atoms with Crippen LogP contribution in [0.3, 0.4) is 0 Å². The van der Waals surface area contributed by atoms with Crippen molar-refractivity contribution in [3.63, 3.8) is 0 Å². The normalized spacial score (nSPS) is 20.1. The molecule has 0 saturated carbocycles. The highest BCUT2D eigenvalue weighted by Gasteiger charge is 2.44. The molecule has 0 spiro atoms. The molecule has 2 atom stereocenters. The second-order valence-corrected chi connectivity index (χ2v) is 9.18. The van der Waals surface area contributed by atoms with Gasteiger partial charge in [-0.1, -0.05) is 13.0 Å². The number of aliphatic imine (C=N–C) groups is 1. The molecule has 3 aliphatic heterocycles. The van der Waals surface area contributed by atoms with Crippen LogP contribution in [0.2, 0.25) is 0 Å². The molecule has 2 bridgehead atoms. The number of nitriles is 1. The molecule has 3 aromatic heterocycles. The smallest absolute Gasteiger partial charge is 0.138 e. The van der Waals surface area contributed by atoms with Crippen molar-refractivity contribution in [2.45, 2.75) is 31.8 Å². The molecule has 9 nitrogen and oxygen atoms in total. The Bertz CT molecular complexity index is 1310. The zero-order valence-corrected chi connectivity index (χ0v) is 20.7. The van der Waals surface area contributed by atoms with Crippen LogP contribution in [0, 0.1) is 11.3 Å². The summed E-state index contributed by atoms with van der Waals surface area (Å²) in [5.41, 5.74) is 4.03. The van der Waals surface area contributed by atoms with E-state index in [4.69, 9.17) is 14.8 Å². The molecule has 1 N–H and O–H groups in total. The fourth-order valence-electron chi connectivity index (χ4n) is 5.15. The van der Waals surface area contributed by atoms with Gasteiger partial charge >= 0.3 is 0 Å². The first-order chi connectivity index (χ1) is 17.6. The monoisotopic (exact) mass is 485 g/mol. The summed E-state index contributed by atoms with van der Waals surface area (Å²) in [4.78, 5) is 14.2. The molecule has 6 heterocycles. The Balaban J connectivity index is 1.34. The minimum absolute atomic E-state index is 0.0799. The van der Waals surface area contributed by atoms with Gasteiger partial charge in [0.1, 0.15) is 24.2 Å². The van der Waals surface area contributed by atoms with Gasteiger partial charge in [0, 0.05) is 61.8 Å². The van der Waals surface area contributed by atoms with E-state index >= 15 is 0 Å². The van der Waals surface area contributed by atoms with Gasteiger partial charge in [-0.3, -0.25) is 9.89 Å². The summed E-state index contributed by atoms with van der Waals surface area (Å²) in [5.74, 6) is 1.53. The summed E-state index contributed by atoms with van der Waals surface area (Å²) in [6.07, 6.45) is 11.7. The van der Waals surface area contributed by atoms with Crippen molar-refractivity contribution in [2.24, 2.45) is 4.99 Å². The van der Waals surface area contributed by atoms with Crippen LogP contribution in [0.25, 0.3) is 16.6 Å². The van der Waals surface area contributed by atoms with Crippen LogP contribution in [0.1, 0.15) is 25.3 Å². The first-order valence-electron chi connectivity index (χ1n) is 12.4. The zero-order chi connectivity index (χ0) is 25.1. The number of nitrogens with zero attached hydrogens (tertiary/aromatic N) is 7. The topological polar surface area (TPSA) is 102 Å². The first kappa shape index (κ1) is 24.0. The average Bonchev–Trinajstić information content (AvgIpc) is 3.34. The highest BCUT2D eigenvalue weighted by atomic mass is 16.5. The van der Waals surface area contributed by atoms with Crippen molar-refractivity contribution >= 4 is 17.0 Å². The number of aliphatic hydroxyl groups excluding tert-OH is 1. The van der Waals surface area contributed by atoms with Gasteiger partial charge in [0.05, 0.1) is 30.1 Å². The van der Waals surface area contributed by atoms with Crippen molar-refractivity contribution in [1.82, 2.24) is 19.5 Å². The number of fused-ring (bicyclic) bond motifs is 3. The average molecular weight is 486 g/mol. The van der Waals surface area contributed by atoms with E-state index in [-0.39, 0.29) is 13.2 Å². The van der Waals surface area contributed by atoms with Crippen molar-refractivity contribution in [2.75, 3.05) is 44.8 Å². The number of piperazine rings is 1. The third-order valence-electron chi connectivity index (χ3n) is 6.97. The van der Waals surface area contributed by atoms with Crippen molar-refractivity contribution in [1.29, 1.82) is 5.26 Å². The van der Waals surface area contributed by atoms with E-state index in [1.165, 1.54) is 6.42 Å². The van der Waals surface area contributed by atoms with Crippen LogP contribution in [0.4, 0.5) is 5.82 Å². The van der Waals surface area contributed by atoms with Crippen LogP contribution < -0.4 is 9.64 Å². The Labute approximate surface area is 211 Å². The summed E-state index contributed by atoms with van der Waals surface area (Å²) in [6, 6.07) is 9.21. The molecule has 3 saturated heterocycles. The molecule has 0 amide bonds. The van der Waals surface area contributed by atoms with Gasteiger partial charge in [0.2, 0.25) is 0 Å². The minimum atomic E-state index is -0.0799. The number of ether oxygens (including phenoxy) is 1. The molecular formula is C27H31N7O2. The number of anilines is 1. The third-order valence-corrected chi connectivity index (χ3v) is 6.97. The molecule has 0 aromatic carbocycles. The van der Waals surface area contributed by atoms with Gasteiger partial charge in [0.15, 0.2) is 0 Å². The van der Waals surface area contributed by atoms with Gasteiger partial charge in [-0.2, -0.15) is 10.4 Å². The number of allylic oxidation sites excluding steroid dienone is 1. The minimum Gasteiger partial charge on any atom is -0.490 e. The Morgan fingerprint density at radius 2 is 2.14 bits per heavy atom. The first-order valence-corrected chi connectivity index (χ1v) is 12.4. The standard InChI is InChI=1S/C27H31N7O2/c1-3-4-5-21(29-2)15-33-22-10-23(33)17-32(16-22)26-7-6-19(13-30-26)25-11-24(36-9-8-35)18-34-27(25)20(12-28)14-31-34/h4-7,11,13-14,18,22-23,35H,3,8-10,15-17H2,1-2H3/b5-4-,29-21?. The van der Waals surface area contributed by atoms with Crippen molar-refractivity contribution in [3.05, 3.63) is 54.5 Å². The Morgan fingerprint density at radius 1 is 1.31 bits per heavy atom. The summed E-state index contributed by atoms with van der Waals surface area (Å²) < 4.78 is 7.28. The van der Waals surface area contributed by atoms with E-state index in [1.54, 1.807) is 16.9 Å². The molecule has 3 aromatic rings. The molecule has 6 rings (SSSR count). The van der Waals surface area contributed by atoms with Gasteiger partial charge in [-0.25, -0.2) is 9.50 Å². The molecule has 36 heavy (non-hydrogen) atoms. The largest absolute Gasteiger partial charge is 0.490 e. The van der Waals surface area contributed by atoms with Crippen LogP contribution in [0.5, 0.6) is 5.75 Å². The Kier molecular flexibility index (Phi) is 6.98. The number of hydrogen-bond acceptors (Lipinski definition) is 8. The van der Waals surface area contributed by atoms with E-state index in [9.17, 15) is 5.26 Å². The molecule has 2 unspecified atom stereocenters. The van der Waals surface area contributed by atoms with Gasteiger partial charge < -0.3 is 14.7 Å². The van der Waals surface area contributed by atoms with Crippen molar-refractivity contribution < 1.29 is 9.84 Å². The predicted octanol–water partition coefficient (Wildman–Crippen LogP) is 2.94. The molecule has 0 radical (unpaired) electrons. The van der Waals surface area contributed by atoms with Crippen LogP contribution in [-0.2, 0) is 0 Å². The van der Waals surface area contributed by atoms with Crippen LogP contribution in [-0.4, -0.2) is 82.3 Å². The lowest BCUT2D eigenvalue weighted by Crippen LogP contribution is -2.69. The number of hydrogen-bond donors (Lipinski definition) is 1. The van der Waals surface area contributed by atoms with E-state index in [0.717, 1.165) is 48.7 Å². The Hall–Kier alpha value is -3.74. The maximum absolute atomic E-state index is 9.58. The highest BCUT2D eigenvalue weighted by molar-refractivity contribution is 5.96. The number of aliphatic hydroxyl groups is 1.